The highest BCUT2D eigenvalue weighted by atomic mass is 32.2. The fourth-order valence-electron chi connectivity index (χ4n) is 2.42. The summed E-state index contributed by atoms with van der Waals surface area (Å²) in [6.07, 6.45) is 0.656. The van der Waals surface area contributed by atoms with Gasteiger partial charge in [-0.25, -0.2) is 12.8 Å². The van der Waals surface area contributed by atoms with Gasteiger partial charge in [-0.05, 0) is 48.9 Å². The Labute approximate surface area is 174 Å². The number of sulfonamides is 1. The van der Waals surface area contributed by atoms with Crippen molar-refractivity contribution < 1.29 is 27.1 Å². The summed E-state index contributed by atoms with van der Waals surface area (Å²) in [5, 5.41) is 5.12. The molecule has 8 nitrogen and oxygen atoms in total. The Bertz CT molecular complexity index is 1010. The third-order valence-electron chi connectivity index (χ3n) is 4.33. The highest BCUT2D eigenvalue weighted by molar-refractivity contribution is 7.92. The molecule has 0 spiro atoms. The lowest BCUT2D eigenvalue weighted by Gasteiger charge is -2.14. The van der Waals surface area contributed by atoms with Crippen molar-refractivity contribution in [2.75, 3.05) is 23.7 Å². The summed E-state index contributed by atoms with van der Waals surface area (Å²) < 4.78 is 45.7. The number of carbonyl (C=O) groups is 2. The largest absolute Gasteiger partial charge is 0.495 e. The molecule has 3 N–H and O–H groups in total. The summed E-state index contributed by atoms with van der Waals surface area (Å²) in [7, 11) is -2.64. The van der Waals surface area contributed by atoms with Crippen LogP contribution in [0.2, 0.25) is 0 Å². The van der Waals surface area contributed by atoms with Gasteiger partial charge < -0.3 is 15.4 Å². The molecule has 0 radical (unpaired) electrons. The fourth-order valence-corrected chi connectivity index (χ4v) is 3.48. The third kappa shape index (κ3) is 6.18. The molecule has 0 saturated heterocycles. The fraction of sp³-hybridized carbons (Fsp3) is 0.300. The minimum atomic E-state index is -4.01. The zero-order valence-electron chi connectivity index (χ0n) is 16.9. The Kier molecular flexibility index (Phi) is 7.76. The van der Waals surface area contributed by atoms with Crippen LogP contribution >= 0.6 is 0 Å². The van der Waals surface area contributed by atoms with Crippen molar-refractivity contribution in [3.63, 3.8) is 0 Å². The van der Waals surface area contributed by atoms with Crippen LogP contribution in [0, 0.1) is 11.7 Å². The number of hydrogen-bond acceptors (Lipinski definition) is 5. The van der Waals surface area contributed by atoms with Crippen molar-refractivity contribution in [3.8, 4) is 5.75 Å². The van der Waals surface area contributed by atoms with E-state index in [0.717, 1.165) is 24.3 Å². The third-order valence-corrected chi connectivity index (χ3v) is 5.72. The van der Waals surface area contributed by atoms with E-state index in [2.05, 4.69) is 15.4 Å². The molecule has 162 valence electrons. The summed E-state index contributed by atoms with van der Waals surface area (Å²) in [5.41, 5.74) is 0.388. The lowest BCUT2D eigenvalue weighted by molar-refractivity contribution is -0.126. The van der Waals surface area contributed by atoms with Gasteiger partial charge in [-0.15, -0.1) is 0 Å². The smallest absolute Gasteiger partial charge is 0.262 e. The van der Waals surface area contributed by atoms with Gasteiger partial charge in [0, 0.05) is 11.6 Å². The monoisotopic (exact) mass is 437 g/mol. The highest BCUT2D eigenvalue weighted by Gasteiger charge is 2.18. The molecule has 0 heterocycles. The number of halogens is 1. The van der Waals surface area contributed by atoms with E-state index in [1.807, 2.05) is 6.92 Å². The first-order valence-corrected chi connectivity index (χ1v) is 10.7. The Morgan fingerprint density at radius 3 is 2.40 bits per heavy atom. The number of rotatable bonds is 9. The topological polar surface area (TPSA) is 114 Å². The maximum Gasteiger partial charge on any atom is 0.262 e. The Morgan fingerprint density at radius 2 is 1.80 bits per heavy atom. The van der Waals surface area contributed by atoms with Gasteiger partial charge in [0.25, 0.3) is 10.0 Å². The first-order chi connectivity index (χ1) is 14.2. The molecule has 0 fully saturated rings. The number of benzene rings is 2. The molecule has 10 heteroatoms. The second-order valence-corrected chi connectivity index (χ2v) is 8.23. The predicted octanol–water partition coefficient (Wildman–Crippen LogP) is 2.74. The van der Waals surface area contributed by atoms with Gasteiger partial charge in [-0.3, -0.25) is 14.3 Å². The van der Waals surface area contributed by atoms with Crippen LogP contribution in [0.25, 0.3) is 0 Å². The van der Waals surface area contributed by atoms with Gasteiger partial charge in [0.1, 0.15) is 11.6 Å². The number of methoxy groups -OCH3 is 1. The van der Waals surface area contributed by atoms with Gasteiger partial charge >= 0.3 is 0 Å². The zero-order chi connectivity index (χ0) is 22.3. The van der Waals surface area contributed by atoms with Gasteiger partial charge in [-0.1, -0.05) is 13.8 Å². The normalized spacial score (nSPS) is 12.0. The van der Waals surface area contributed by atoms with E-state index in [1.54, 1.807) is 6.92 Å². The van der Waals surface area contributed by atoms with E-state index in [1.165, 1.54) is 25.3 Å². The molecule has 1 atom stereocenters. The van der Waals surface area contributed by atoms with Crippen molar-refractivity contribution >= 4 is 33.2 Å². The van der Waals surface area contributed by atoms with Crippen LogP contribution in [0.3, 0.4) is 0 Å². The van der Waals surface area contributed by atoms with Crippen molar-refractivity contribution in [3.05, 3.63) is 48.3 Å². The van der Waals surface area contributed by atoms with Gasteiger partial charge in [-0.2, -0.15) is 0 Å². The van der Waals surface area contributed by atoms with Crippen molar-refractivity contribution in [1.29, 1.82) is 0 Å². The molecule has 0 aliphatic heterocycles. The van der Waals surface area contributed by atoms with Gasteiger partial charge in [0.2, 0.25) is 11.8 Å². The minimum Gasteiger partial charge on any atom is -0.495 e. The van der Waals surface area contributed by atoms with E-state index in [-0.39, 0.29) is 34.7 Å². The van der Waals surface area contributed by atoms with E-state index in [0.29, 0.717) is 12.1 Å². The summed E-state index contributed by atoms with van der Waals surface area (Å²) in [6, 6.07) is 8.74. The van der Waals surface area contributed by atoms with Crippen molar-refractivity contribution in [2.24, 2.45) is 5.92 Å². The number of anilines is 2. The quantitative estimate of drug-likeness (QED) is 0.558. The minimum absolute atomic E-state index is 0.0864. The van der Waals surface area contributed by atoms with E-state index < -0.39 is 21.7 Å². The van der Waals surface area contributed by atoms with Crippen LogP contribution in [0.5, 0.6) is 5.75 Å². The Balaban J connectivity index is 2.14. The van der Waals surface area contributed by atoms with Crippen LogP contribution in [-0.2, 0) is 19.6 Å². The van der Waals surface area contributed by atoms with E-state index in [4.69, 9.17) is 4.74 Å². The number of carbonyl (C=O) groups excluding carboxylic acids is 2. The maximum atomic E-state index is 13.1. The Hall–Kier alpha value is -3.14. The van der Waals surface area contributed by atoms with E-state index >= 15 is 0 Å². The SMILES string of the molecule is CCC(C)C(=O)NCC(=O)Nc1ccc(OC)c(NS(=O)(=O)c2ccc(F)cc2)c1. The molecule has 0 saturated carbocycles. The molecule has 1 unspecified atom stereocenters. The standard InChI is InChI=1S/C20H24FN3O5S/c1-4-13(2)20(26)22-12-19(25)23-15-7-10-18(29-3)17(11-15)24-30(27,28)16-8-5-14(21)6-9-16/h5-11,13,24H,4,12H2,1-3H3,(H,22,26)(H,23,25). The molecule has 0 aliphatic rings. The van der Waals surface area contributed by atoms with Crippen molar-refractivity contribution in [2.45, 2.75) is 25.2 Å². The summed E-state index contributed by atoms with van der Waals surface area (Å²) in [5.74, 6) is -1.23. The van der Waals surface area contributed by atoms with Crippen LogP contribution in [0.1, 0.15) is 20.3 Å². The first-order valence-electron chi connectivity index (χ1n) is 9.20. The Morgan fingerprint density at radius 1 is 1.13 bits per heavy atom. The molecule has 0 aliphatic carbocycles. The van der Waals surface area contributed by atoms with Gasteiger partial charge in [0.05, 0.1) is 24.2 Å². The average molecular weight is 437 g/mol. The molecule has 2 rings (SSSR count). The molecular formula is C20H24FN3O5S. The molecule has 30 heavy (non-hydrogen) atoms. The first kappa shape index (κ1) is 23.1. The summed E-state index contributed by atoms with van der Waals surface area (Å²) in [4.78, 5) is 23.7. The molecule has 2 aromatic rings. The zero-order valence-corrected chi connectivity index (χ0v) is 17.7. The van der Waals surface area contributed by atoms with E-state index in [9.17, 15) is 22.4 Å². The molecule has 0 bridgehead atoms. The summed E-state index contributed by atoms with van der Waals surface area (Å²) in [6.45, 7) is 3.41. The van der Waals surface area contributed by atoms with Gasteiger partial charge in [0.15, 0.2) is 0 Å². The highest BCUT2D eigenvalue weighted by Crippen LogP contribution is 2.30. The molecular weight excluding hydrogens is 413 g/mol. The molecule has 0 aromatic heterocycles. The van der Waals surface area contributed by atoms with Crippen LogP contribution in [0.15, 0.2) is 47.4 Å². The maximum absolute atomic E-state index is 13.1. The van der Waals surface area contributed by atoms with Crippen LogP contribution in [-0.4, -0.2) is 33.9 Å². The predicted molar refractivity (Wildman–Crippen MR) is 111 cm³/mol. The van der Waals surface area contributed by atoms with Crippen LogP contribution in [0.4, 0.5) is 15.8 Å². The second-order valence-electron chi connectivity index (χ2n) is 6.55. The molecule has 2 aromatic carbocycles. The lowest BCUT2D eigenvalue weighted by Crippen LogP contribution is -2.35. The number of amides is 2. The number of hydrogen-bond donors (Lipinski definition) is 3. The van der Waals surface area contributed by atoms with Crippen molar-refractivity contribution in [1.82, 2.24) is 5.32 Å². The second kappa shape index (κ2) is 10.1. The number of nitrogens with one attached hydrogen (secondary N) is 3. The summed E-state index contributed by atoms with van der Waals surface area (Å²) >= 11 is 0. The number of ether oxygens (including phenoxy) is 1. The lowest BCUT2D eigenvalue weighted by atomic mass is 10.1. The average Bonchev–Trinajstić information content (AvgIpc) is 2.71. The molecule has 2 amide bonds. The van der Waals surface area contributed by atoms with Crippen LogP contribution < -0.4 is 20.1 Å².